The minimum atomic E-state index is -0.254. The zero-order valence-corrected chi connectivity index (χ0v) is 9.58. The number of halogens is 1. The Kier molecular flexibility index (Phi) is 3.78. The van der Waals surface area contributed by atoms with E-state index in [1.807, 2.05) is 12.1 Å². The van der Waals surface area contributed by atoms with Crippen molar-refractivity contribution in [1.29, 1.82) is 0 Å². The van der Waals surface area contributed by atoms with Crippen LogP contribution in [-0.2, 0) is 4.74 Å². The summed E-state index contributed by atoms with van der Waals surface area (Å²) < 4.78 is 19.0. The lowest BCUT2D eigenvalue weighted by Gasteiger charge is -2.35. The molecule has 2 rings (SSSR count). The summed E-state index contributed by atoms with van der Waals surface area (Å²) in [6.07, 6.45) is 1.95. The summed E-state index contributed by atoms with van der Waals surface area (Å²) in [6, 6.07) is 8.27. The molecule has 0 amide bonds. The highest BCUT2D eigenvalue weighted by atomic mass is 19.1. The fraction of sp³-hybridized carbons (Fsp3) is 0.538. The number of ether oxygens (including phenoxy) is 1. The van der Waals surface area contributed by atoms with Crippen molar-refractivity contribution in [2.75, 3.05) is 24.7 Å². The van der Waals surface area contributed by atoms with E-state index < -0.39 is 0 Å². The van der Waals surface area contributed by atoms with Crippen LogP contribution in [0, 0.1) is 11.9 Å². The normalized spacial score (nSPS) is 17.4. The lowest BCUT2D eigenvalue weighted by molar-refractivity contribution is 0.0845. The van der Waals surface area contributed by atoms with Crippen molar-refractivity contribution in [2.24, 2.45) is 0 Å². The number of rotatable bonds is 3. The Bertz CT molecular complexity index is 336. The van der Waals surface area contributed by atoms with E-state index in [0.717, 1.165) is 32.6 Å². The van der Waals surface area contributed by atoms with Crippen LogP contribution in [-0.4, -0.2) is 25.8 Å². The standard InChI is InChI=1S/C13H17FNO/c1-2-15(11-7-9-16-10-8-11)13-6-4-3-5-12(13)14/h3-4,6,11H,2,7-10H2,1H3. The first-order valence-electron chi connectivity index (χ1n) is 5.83. The summed E-state index contributed by atoms with van der Waals surface area (Å²) in [6.45, 7) is 4.43. The molecular weight excluding hydrogens is 205 g/mol. The van der Waals surface area contributed by atoms with Gasteiger partial charge in [0.05, 0.1) is 5.69 Å². The topological polar surface area (TPSA) is 12.5 Å². The van der Waals surface area contributed by atoms with E-state index >= 15 is 0 Å². The van der Waals surface area contributed by atoms with Crippen LogP contribution in [0.5, 0.6) is 0 Å². The van der Waals surface area contributed by atoms with Gasteiger partial charge in [0.1, 0.15) is 0 Å². The molecule has 0 aromatic heterocycles. The fourth-order valence-corrected chi connectivity index (χ4v) is 2.25. The van der Waals surface area contributed by atoms with E-state index in [-0.39, 0.29) is 5.82 Å². The first-order valence-corrected chi connectivity index (χ1v) is 5.83. The molecule has 16 heavy (non-hydrogen) atoms. The maximum Gasteiger partial charge on any atom is 0.154 e. The van der Waals surface area contributed by atoms with Crippen LogP contribution in [0.4, 0.5) is 10.1 Å². The van der Waals surface area contributed by atoms with Crippen molar-refractivity contribution in [3.63, 3.8) is 0 Å². The van der Waals surface area contributed by atoms with Crippen molar-refractivity contribution >= 4 is 5.69 Å². The van der Waals surface area contributed by atoms with Crippen molar-refractivity contribution in [1.82, 2.24) is 0 Å². The fourth-order valence-electron chi connectivity index (χ4n) is 2.25. The Hall–Kier alpha value is -1.09. The molecule has 0 bridgehead atoms. The molecule has 1 radical (unpaired) electrons. The smallest absolute Gasteiger partial charge is 0.154 e. The molecule has 1 aromatic rings. The van der Waals surface area contributed by atoms with Crippen LogP contribution in [0.3, 0.4) is 0 Å². The Labute approximate surface area is 96.0 Å². The van der Waals surface area contributed by atoms with Crippen molar-refractivity contribution in [3.8, 4) is 0 Å². The molecule has 0 aliphatic carbocycles. The third-order valence-electron chi connectivity index (χ3n) is 3.07. The van der Waals surface area contributed by atoms with Crippen molar-refractivity contribution in [3.05, 3.63) is 30.1 Å². The highest BCUT2D eigenvalue weighted by molar-refractivity contribution is 5.48. The van der Waals surface area contributed by atoms with Gasteiger partial charge < -0.3 is 9.64 Å². The summed E-state index contributed by atoms with van der Waals surface area (Å²) in [5.74, 6) is -0.254. The summed E-state index contributed by atoms with van der Waals surface area (Å²) in [7, 11) is 0. The van der Waals surface area contributed by atoms with E-state index in [9.17, 15) is 4.39 Å². The highest BCUT2D eigenvalue weighted by Crippen LogP contribution is 2.24. The third-order valence-corrected chi connectivity index (χ3v) is 3.07. The molecule has 87 valence electrons. The van der Waals surface area contributed by atoms with Crippen LogP contribution >= 0.6 is 0 Å². The molecular formula is C13H17FNO. The molecule has 1 aliphatic rings. The van der Waals surface area contributed by atoms with E-state index in [2.05, 4.69) is 17.9 Å². The molecule has 3 heteroatoms. The average Bonchev–Trinajstić information content (AvgIpc) is 2.34. The lowest BCUT2D eigenvalue weighted by atomic mass is 10.1. The quantitative estimate of drug-likeness (QED) is 0.779. The SMILES string of the molecule is CCN(c1ccc[c]c1F)C1CCOCC1. The average molecular weight is 222 g/mol. The highest BCUT2D eigenvalue weighted by Gasteiger charge is 2.22. The number of hydrogen-bond acceptors (Lipinski definition) is 2. The molecule has 0 N–H and O–H groups in total. The summed E-state index contributed by atoms with van der Waals surface area (Å²) in [5, 5.41) is 0. The van der Waals surface area contributed by atoms with Crippen LogP contribution < -0.4 is 4.90 Å². The molecule has 1 saturated heterocycles. The number of nitrogens with zero attached hydrogens (tertiary/aromatic N) is 1. The van der Waals surface area contributed by atoms with Crippen LogP contribution in [0.15, 0.2) is 18.2 Å². The molecule has 0 saturated carbocycles. The number of hydrogen-bond donors (Lipinski definition) is 0. The predicted molar refractivity (Wildman–Crippen MR) is 62.1 cm³/mol. The molecule has 1 aromatic carbocycles. The Morgan fingerprint density at radius 2 is 2.25 bits per heavy atom. The molecule has 0 atom stereocenters. The minimum absolute atomic E-state index is 0.254. The van der Waals surface area contributed by atoms with Gasteiger partial charge in [0.25, 0.3) is 0 Å². The lowest BCUT2D eigenvalue weighted by Crippen LogP contribution is -2.39. The molecule has 2 nitrogen and oxygen atoms in total. The van der Waals surface area contributed by atoms with Gasteiger partial charge in [0.15, 0.2) is 5.82 Å². The second-order valence-corrected chi connectivity index (χ2v) is 4.00. The van der Waals surface area contributed by atoms with Crippen LogP contribution in [0.2, 0.25) is 0 Å². The Morgan fingerprint density at radius 3 is 2.88 bits per heavy atom. The van der Waals surface area contributed by atoms with Gasteiger partial charge in [-0.2, -0.15) is 0 Å². The predicted octanol–water partition coefficient (Wildman–Crippen LogP) is 2.63. The number of anilines is 1. The van der Waals surface area contributed by atoms with E-state index in [1.54, 1.807) is 6.07 Å². The molecule has 1 fully saturated rings. The van der Waals surface area contributed by atoms with Gasteiger partial charge in [-0.25, -0.2) is 4.39 Å². The maximum atomic E-state index is 13.7. The van der Waals surface area contributed by atoms with Crippen LogP contribution in [0.25, 0.3) is 0 Å². The van der Waals surface area contributed by atoms with Gasteiger partial charge in [-0.1, -0.05) is 12.1 Å². The second-order valence-electron chi connectivity index (χ2n) is 4.00. The maximum absolute atomic E-state index is 13.7. The monoisotopic (exact) mass is 222 g/mol. The van der Waals surface area contributed by atoms with Crippen molar-refractivity contribution in [2.45, 2.75) is 25.8 Å². The van der Waals surface area contributed by atoms with E-state index in [4.69, 9.17) is 4.74 Å². The number of benzene rings is 1. The van der Waals surface area contributed by atoms with Gasteiger partial charge in [0.2, 0.25) is 0 Å². The minimum Gasteiger partial charge on any atom is -0.381 e. The zero-order chi connectivity index (χ0) is 11.4. The molecule has 0 spiro atoms. The molecule has 0 unspecified atom stereocenters. The van der Waals surface area contributed by atoms with Gasteiger partial charge in [-0.05, 0) is 25.8 Å². The third kappa shape index (κ3) is 2.35. The van der Waals surface area contributed by atoms with Gasteiger partial charge in [-0.15, -0.1) is 0 Å². The van der Waals surface area contributed by atoms with E-state index in [0.29, 0.717) is 11.7 Å². The van der Waals surface area contributed by atoms with Gasteiger partial charge >= 0.3 is 0 Å². The first kappa shape index (κ1) is 11.4. The summed E-state index contributed by atoms with van der Waals surface area (Å²) >= 11 is 0. The summed E-state index contributed by atoms with van der Waals surface area (Å²) in [4.78, 5) is 2.12. The van der Waals surface area contributed by atoms with Crippen molar-refractivity contribution < 1.29 is 9.13 Å². The largest absolute Gasteiger partial charge is 0.381 e. The molecule has 1 heterocycles. The van der Waals surface area contributed by atoms with Gasteiger partial charge in [-0.3, -0.25) is 0 Å². The first-order chi connectivity index (χ1) is 7.83. The zero-order valence-electron chi connectivity index (χ0n) is 9.58. The second kappa shape index (κ2) is 5.30. The summed E-state index contributed by atoms with van der Waals surface area (Å²) in [5.41, 5.74) is 0.664. The Morgan fingerprint density at radius 1 is 1.50 bits per heavy atom. The van der Waals surface area contributed by atoms with Crippen LogP contribution in [0.1, 0.15) is 19.8 Å². The van der Waals surface area contributed by atoms with E-state index in [1.165, 1.54) is 0 Å². The van der Waals surface area contributed by atoms with Gasteiger partial charge in [0, 0.05) is 31.9 Å². The molecule has 1 aliphatic heterocycles. The Balaban J connectivity index is 2.18.